The Labute approximate surface area is 144 Å². The van der Waals surface area contributed by atoms with Gasteiger partial charge in [0, 0.05) is 0 Å². The Hall–Kier alpha value is -2.70. The van der Waals surface area contributed by atoms with Crippen LogP contribution in [-0.2, 0) is 4.79 Å². The Kier molecular flexibility index (Phi) is 3.37. The van der Waals surface area contributed by atoms with Gasteiger partial charge in [-0.15, -0.1) is 10.2 Å². The summed E-state index contributed by atoms with van der Waals surface area (Å²) in [7, 11) is 0. The average Bonchev–Trinajstić information content (AvgIpc) is 3.13. The standard InChI is InChI=1S/C12H10N8O2S2/c21-8-3-1-7(2-4-8)5-14-20-9(22)12(17-15-10(20)23)18-19-6-13-16-11(19)24-12/h1-6,17-18,21H,(H,15,23)/b14-5+. The van der Waals surface area contributed by atoms with Crippen LogP contribution in [0.1, 0.15) is 5.56 Å². The molecule has 1 aromatic carbocycles. The van der Waals surface area contributed by atoms with Gasteiger partial charge in [0.05, 0.1) is 6.21 Å². The van der Waals surface area contributed by atoms with Crippen molar-refractivity contribution < 1.29 is 9.90 Å². The summed E-state index contributed by atoms with van der Waals surface area (Å²) >= 11 is 6.28. The molecule has 0 saturated carbocycles. The molecular weight excluding hydrogens is 352 g/mol. The lowest BCUT2D eigenvalue weighted by atomic mass is 10.2. The molecule has 1 amide bonds. The van der Waals surface area contributed by atoms with Crippen molar-refractivity contribution in [3.05, 3.63) is 36.2 Å². The van der Waals surface area contributed by atoms with E-state index in [2.05, 4.69) is 31.6 Å². The molecule has 1 spiro atoms. The number of aromatic hydroxyl groups is 1. The first-order valence-electron chi connectivity index (χ1n) is 6.69. The van der Waals surface area contributed by atoms with Gasteiger partial charge in [-0.3, -0.25) is 15.6 Å². The highest BCUT2D eigenvalue weighted by Crippen LogP contribution is 2.36. The highest BCUT2D eigenvalue weighted by atomic mass is 32.2. The molecule has 122 valence electrons. The largest absolute Gasteiger partial charge is 0.508 e. The van der Waals surface area contributed by atoms with Gasteiger partial charge in [0.2, 0.25) is 10.3 Å². The molecule has 4 rings (SSSR count). The molecule has 12 heteroatoms. The predicted octanol–water partition coefficient (Wildman–Crippen LogP) is -0.458. The number of fused-ring (bicyclic) bond motifs is 1. The minimum Gasteiger partial charge on any atom is -0.508 e. The van der Waals surface area contributed by atoms with Crippen LogP contribution in [0.2, 0.25) is 0 Å². The fraction of sp³-hybridized carbons (Fsp3) is 0.0833. The van der Waals surface area contributed by atoms with Gasteiger partial charge >= 0.3 is 5.91 Å². The number of aromatic nitrogens is 3. The van der Waals surface area contributed by atoms with Crippen molar-refractivity contribution in [1.82, 2.24) is 30.7 Å². The van der Waals surface area contributed by atoms with Gasteiger partial charge in [0.15, 0.2) is 0 Å². The van der Waals surface area contributed by atoms with Crippen LogP contribution in [0, 0.1) is 0 Å². The lowest BCUT2D eigenvalue weighted by molar-refractivity contribution is -0.131. The molecule has 0 aliphatic carbocycles. The fourth-order valence-electron chi connectivity index (χ4n) is 2.12. The summed E-state index contributed by atoms with van der Waals surface area (Å²) in [5.41, 5.74) is 9.26. The van der Waals surface area contributed by atoms with Crippen LogP contribution in [0.3, 0.4) is 0 Å². The maximum absolute atomic E-state index is 12.8. The van der Waals surface area contributed by atoms with Crippen LogP contribution in [0.15, 0.2) is 40.9 Å². The van der Waals surface area contributed by atoms with E-state index in [1.54, 1.807) is 12.1 Å². The summed E-state index contributed by atoms with van der Waals surface area (Å²) < 4.78 is 1.54. The molecule has 4 N–H and O–H groups in total. The van der Waals surface area contributed by atoms with E-state index in [4.69, 9.17) is 12.2 Å². The number of hydrazine groups is 1. The van der Waals surface area contributed by atoms with E-state index < -0.39 is 10.9 Å². The number of hydrogen-bond acceptors (Lipinski definition) is 9. The Balaban J connectivity index is 1.58. The molecule has 2 aliphatic rings. The third kappa shape index (κ3) is 2.36. The number of hydrazone groups is 1. The second kappa shape index (κ2) is 5.43. The first-order valence-corrected chi connectivity index (χ1v) is 7.92. The Morgan fingerprint density at radius 3 is 2.92 bits per heavy atom. The van der Waals surface area contributed by atoms with Crippen molar-refractivity contribution in [3.8, 4) is 5.75 Å². The smallest absolute Gasteiger partial charge is 0.304 e. The number of carbonyl (C=O) groups is 1. The van der Waals surface area contributed by atoms with E-state index in [0.29, 0.717) is 10.7 Å². The SMILES string of the molecule is O=C1N(/N=C/c2ccc(O)cc2)C(=S)NNC12Nn1cnnc1S2. The molecule has 2 aliphatic heterocycles. The van der Waals surface area contributed by atoms with E-state index in [1.807, 2.05) is 0 Å². The third-order valence-electron chi connectivity index (χ3n) is 3.29. The summed E-state index contributed by atoms with van der Waals surface area (Å²) in [5, 5.41) is 22.8. The molecule has 0 bridgehead atoms. The zero-order chi connectivity index (χ0) is 16.7. The predicted molar refractivity (Wildman–Crippen MR) is 89.4 cm³/mol. The number of amides is 1. The summed E-state index contributed by atoms with van der Waals surface area (Å²) in [6.45, 7) is 0. The monoisotopic (exact) mass is 362 g/mol. The number of carbonyl (C=O) groups excluding carboxylic acids is 1. The molecule has 1 unspecified atom stereocenters. The van der Waals surface area contributed by atoms with Crippen LogP contribution < -0.4 is 16.3 Å². The lowest BCUT2D eigenvalue weighted by Crippen LogP contribution is -2.71. The molecule has 10 nitrogen and oxygen atoms in total. The van der Waals surface area contributed by atoms with E-state index in [0.717, 1.165) is 16.8 Å². The van der Waals surface area contributed by atoms with Gasteiger partial charge in [0.1, 0.15) is 12.1 Å². The van der Waals surface area contributed by atoms with E-state index in [-0.39, 0.29) is 10.9 Å². The molecule has 24 heavy (non-hydrogen) atoms. The number of nitrogens with zero attached hydrogens (tertiary/aromatic N) is 5. The van der Waals surface area contributed by atoms with Crippen LogP contribution in [0.25, 0.3) is 0 Å². The summed E-state index contributed by atoms with van der Waals surface area (Å²) in [4.78, 5) is 11.6. The maximum atomic E-state index is 12.8. The van der Waals surface area contributed by atoms with Crippen molar-refractivity contribution in [2.75, 3.05) is 5.43 Å². The first-order chi connectivity index (χ1) is 11.6. The number of benzene rings is 1. The normalized spacial score (nSPS) is 22.8. The Morgan fingerprint density at radius 2 is 2.17 bits per heavy atom. The number of nitrogens with one attached hydrogen (secondary N) is 3. The van der Waals surface area contributed by atoms with Gasteiger partial charge in [-0.1, -0.05) is 0 Å². The minimum atomic E-state index is -1.22. The number of phenolic OH excluding ortho intramolecular Hbond substituents is 1. The highest BCUT2D eigenvalue weighted by molar-refractivity contribution is 8.01. The fourth-order valence-corrected chi connectivity index (χ4v) is 3.28. The number of thioether (sulfide) groups is 1. The topological polar surface area (TPSA) is 120 Å². The summed E-state index contributed by atoms with van der Waals surface area (Å²) in [5.74, 6) is -0.257. The molecule has 3 heterocycles. The van der Waals surface area contributed by atoms with Crippen LogP contribution in [-0.4, -0.2) is 47.2 Å². The van der Waals surface area contributed by atoms with Crippen molar-refractivity contribution in [2.45, 2.75) is 10.2 Å². The van der Waals surface area contributed by atoms with Crippen molar-refractivity contribution in [1.29, 1.82) is 0 Å². The van der Waals surface area contributed by atoms with Crippen LogP contribution in [0.4, 0.5) is 0 Å². The van der Waals surface area contributed by atoms with Crippen LogP contribution in [0.5, 0.6) is 5.75 Å². The molecule has 1 fully saturated rings. The number of rotatable bonds is 2. The Morgan fingerprint density at radius 1 is 1.38 bits per heavy atom. The maximum Gasteiger partial charge on any atom is 0.304 e. The molecule has 0 radical (unpaired) electrons. The van der Waals surface area contributed by atoms with Gasteiger partial charge in [-0.2, -0.15) is 15.5 Å². The summed E-state index contributed by atoms with van der Waals surface area (Å²) in [6.07, 6.45) is 2.94. The second-order valence-corrected chi connectivity index (χ2v) is 6.46. The molecule has 1 atom stereocenters. The van der Waals surface area contributed by atoms with Crippen molar-refractivity contribution in [2.24, 2.45) is 5.10 Å². The molecule has 1 saturated heterocycles. The van der Waals surface area contributed by atoms with Gasteiger partial charge < -0.3 is 5.11 Å². The van der Waals surface area contributed by atoms with E-state index >= 15 is 0 Å². The van der Waals surface area contributed by atoms with Gasteiger partial charge in [0.25, 0.3) is 4.99 Å². The molecule has 2 aromatic rings. The quantitative estimate of drug-likeness (QED) is 0.416. The molecule has 1 aromatic heterocycles. The van der Waals surface area contributed by atoms with Crippen molar-refractivity contribution >= 4 is 41.2 Å². The van der Waals surface area contributed by atoms with Gasteiger partial charge in [-0.25, -0.2) is 4.68 Å². The molecular formula is C12H10N8O2S2. The van der Waals surface area contributed by atoms with E-state index in [9.17, 15) is 9.90 Å². The third-order valence-corrected chi connectivity index (χ3v) is 4.70. The van der Waals surface area contributed by atoms with E-state index in [1.165, 1.54) is 29.4 Å². The summed E-state index contributed by atoms with van der Waals surface area (Å²) in [6, 6.07) is 6.39. The first kappa shape index (κ1) is 14.9. The van der Waals surface area contributed by atoms with Gasteiger partial charge in [-0.05, 0) is 53.8 Å². The number of hydrogen-bond donors (Lipinski definition) is 4. The number of thiocarbonyl (C=S) groups is 1. The van der Waals surface area contributed by atoms with Crippen LogP contribution >= 0.6 is 24.0 Å². The lowest BCUT2D eigenvalue weighted by Gasteiger charge is -2.36. The highest BCUT2D eigenvalue weighted by Gasteiger charge is 2.52. The van der Waals surface area contributed by atoms with Crippen molar-refractivity contribution in [3.63, 3.8) is 0 Å². The zero-order valence-corrected chi connectivity index (χ0v) is 13.5. The Bertz CT molecular complexity index is 828. The second-order valence-electron chi connectivity index (χ2n) is 4.89. The number of phenols is 1. The minimum absolute atomic E-state index is 0.116. The average molecular weight is 362 g/mol. The zero-order valence-electron chi connectivity index (χ0n) is 11.9.